The van der Waals surface area contributed by atoms with Crippen molar-refractivity contribution in [3.05, 3.63) is 40.9 Å². The summed E-state index contributed by atoms with van der Waals surface area (Å²) in [6.45, 7) is 7.35. The zero-order valence-corrected chi connectivity index (χ0v) is 16.2. The van der Waals surface area contributed by atoms with E-state index in [9.17, 15) is 13.2 Å². The van der Waals surface area contributed by atoms with Gasteiger partial charge in [0, 0.05) is 32.7 Å². The summed E-state index contributed by atoms with van der Waals surface area (Å²) >= 11 is 11.8. The van der Waals surface area contributed by atoms with Crippen molar-refractivity contribution in [2.75, 3.05) is 32.7 Å². The number of carbonyl (C=O) groups excluding carboxylic acids is 1. The standard InChI is InChI=1S/C16H21Cl2N3O3S/c1-3-6-19-16(22)12(2)20-7-9-21(10-8-20)25(23,24)13-4-5-14(17)15(18)11-13/h3-5,11-12H,1,6-10H2,2H3,(H,19,22). The first-order valence-corrected chi connectivity index (χ1v) is 10.0. The highest BCUT2D eigenvalue weighted by molar-refractivity contribution is 7.89. The van der Waals surface area contributed by atoms with E-state index in [0.29, 0.717) is 37.7 Å². The van der Waals surface area contributed by atoms with Gasteiger partial charge in [-0.25, -0.2) is 8.42 Å². The van der Waals surface area contributed by atoms with E-state index < -0.39 is 10.0 Å². The van der Waals surface area contributed by atoms with E-state index in [1.807, 2.05) is 11.8 Å². The van der Waals surface area contributed by atoms with Crippen LogP contribution in [0.5, 0.6) is 0 Å². The van der Waals surface area contributed by atoms with Crippen LogP contribution in [-0.4, -0.2) is 62.3 Å². The van der Waals surface area contributed by atoms with Gasteiger partial charge < -0.3 is 5.32 Å². The number of halogens is 2. The Labute approximate surface area is 158 Å². The molecule has 6 nitrogen and oxygen atoms in total. The summed E-state index contributed by atoms with van der Waals surface area (Å²) < 4.78 is 26.8. The second-order valence-electron chi connectivity index (χ2n) is 5.73. The molecule has 1 N–H and O–H groups in total. The molecule has 1 aliphatic rings. The fraction of sp³-hybridized carbons (Fsp3) is 0.438. The molecule has 0 bridgehead atoms. The van der Waals surface area contributed by atoms with Gasteiger partial charge in [0.15, 0.2) is 0 Å². The third kappa shape index (κ3) is 4.74. The zero-order valence-electron chi connectivity index (χ0n) is 13.9. The molecule has 1 aromatic rings. The van der Waals surface area contributed by atoms with E-state index in [0.717, 1.165) is 0 Å². The number of piperazine rings is 1. The van der Waals surface area contributed by atoms with Crippen LogP contribution in [0.3, 0.4) is 0 Å². The van der Waals surface area contributed by atoms with Crippen LogP contribution in [0, 0.1) is 0 Å². The molecule has 0 aliphatic carbocycles. The Bertz CT molecular complexity index is 747. The molecule has 1 amide bonds. The van der Waals surface area contributed by atoms with Crippen molar-refractivity contribution < 1.29 is 13.2 Å². The quantitative estimate of drug-likeness (QED) is 0.734. The van der Waals surface area contributed by atoms with Crippen molar-refractivity contribution in [3.63, 3.8) is 0 Å². The predicted molar refractivity (Wildman–Crippen MR) is 99.5 cm³/mol. The second-order valence-corrected chi connectivity index (χ2v) is 8.48. The fourth-order valence-electron chi connectivity index (χ4n) is 2.60. The summed E-state index contributed by atoms with van der Waals surface area (Å²) in [5.41, 5.74) is 0. The minimum Gasteiger partial charge on any atom is -0.351 e. The number of nitrogens with one attached hydrogen (secondary N) is 1. The van der Waals surface area contributed by atoms with E-state index in [4.69, 9.17) is 23.2 Å². The van der Waals surface area contributed by atoms with Gasteiger partial charge in [0.25, 0.3) is 0 Å². The van der Waals surface area contributed by atoms with Gasteiger partial charge in [0.2, 0.25) is 15.9 Å². The van der Waals surface area contributed by atoms with Crippen LogP contribution in [0.15, 0.2) is 35.7 Å². The molecule has 25 heavy (non-hydrogen) atoms. The fourth-order valence-corrected chi connectivity index (χ4v) is 4.42. The summed E-state index contributed by atoms with van der Waals surface area (Å²) in [6.07, 6.45) is 1.62. The van der Waals surface area contributed by atoms with Crippen LogP contribution >= 0.6 is 23.2 Å². The lowest BCUT2D eigenvalue weighted by Gasteiger charge is -2.36. The lowest BCUT2D eigenvalue weighted by molar-refractivity contribution is -0.126. The monoisotopic (exact) mass is 405 g/mol. The molecule has 1 unspecified atom stereocenters. The van der Waals surface area contributed by atoms with Gasteiger partial charge in [-0.2, -0.15) is 4.31 Å². The van der Waals surface area contributed by atoms with Crippen molar-refractivity contribution in [1.82, 2.24) is 14.5 Å². The Hall–Kier alpha value is -1.12. The van der Waals surface area contributed by atoms with Gasteiger partial charge in [-0.05, 0) is 25.1 Å². The summed E-state index contributed by atoms with van der Waals surface area (Å²) in [4.78, 5) is 14.1. The molecular weight excluding hydrogens is 385 g/mol. The Balaban J connectivity index is 2.02. The van der Waals surface area contributed by atoms with Crippen LogP contribution in [0.2, 0.25) is 10.0 Å². The third-order valence-electron chi connectivity index (χ3n) is 4.15. The molecule has 1 saturated heterocycles. The van der Waals surface area contributed by atoms with E-state index in [1.165, 1.54) is 22.5 Å². The van der Waals surface area contributed by atoms with Crippen LogP contribution in [0.1, 0.15) is 6.92 Å². The summed E-state index contributed by atoms with van der Waals surface area (Å²) in [7, 11) is -3.64. The molecule has 0 aromatic heterocycles. The molecule has 2 rings (SSSR count). The number of nitrogens with zero attached hydrogens (tertiary/aromatic N) is 2. The van der Waals surface area contributed by atoms with Crippen LogP contribution in [0.25, 0.3) is 0 Å². The van der Waals surface area contributed by atoms with E-state index in [1.54, 1.807) is 6.08 Å². The topological polar surface area (TPSA) is 69.7 Å². The summed E-state index contributed by atoms with van der Waals surface area (Å²) in [5.74, 6) is -0.0966. The first-order valence-electron chi connectivity index (χ1n) is 7.85. The molecule has 1 aromatic carbocycles. The smallest absolute Gasteiger partial charge is 0.243 e. The number of rotatable bonds is 6. The van der Waals surface area contributed by atoms with E-state index in [-0.39, 0.29) is 21.9 Å². The van der Waals surface area contributed by atoms with Crippen LogP contribution in [0.4, 0.5) is 0 Å². The minimum atomic E-state index is -3.64. The molecule has 0 radical (unpaired) electrons. The second kappa shape index (κ2) is 8.51. The highest BCUT2D eigenvalue weighted by Gasteiger charge is 2.31. The van der Waals surface area contributed by atoms with Gasteiger partial charge in [0.05, 0.1) is 21.0 Å². The summed E-state index contributed by atoms with van der Waals surface area (Å²) in [5, 5.41) is 3.26. The average Bonchev–Trinajstić information content (AvgIpc) is 2.61. The van der Waals surface area contributed by atoms with Crippen molar-refractivity contribution in [1.29, 1.82) is 0 Å². The highest BCUT2D eigenvalue weighted by atomic mass is 35.5. The lowest BCUT2D eigenvalue weighted by Crippen LogP contribution is -2.54. The first-order chi connectivity index (χ1) is 11.8. The molecule has 138 valence electrons. The number of amides is 1. The Morgan fingerprint density at radius 3 is 2.48 bits per heavy atom. The molecular formula is C16H21Cl2N3O3S. The Morgan fingerprint density at radius 2 is 1.92 bits per heavy atom. The van der Waals surface area contributed by atoms with Gasteiger partial charge in [0.1, 0.15) is 0 Å². The predicted octanol–water partition coefficient (Wildman–Crippen LogP) is 1.99. The number of hydrogen-bond donors (Lipinski definition) is 1. The Kier molecular flexibility index (Phi) is 6.87. The van der Waals surface area contributed by atoms with E-state index in [2.05, 4.69) is 11.9 Å². The SMILES string of the molecule is C=CCNC(=O)C(C)N1CCN(S(=O)(=O)c2ccc(Cl)c(Cl)c2)CC1. The van der Waals surface area contributed by atoms with Crippen molar-refractivity contribution in [2.24, 2.45) is 0 Å². The van der Waals surface area contributed by atoms with Crippen LogP contribution < -0.4 is 5.32 Å². The maximum absolute atomic E-state index is 12.7. The maximum Gasteiger partial charge on any atom is 0.243 e. The number of hydrogen-bond acceptors (Lipinski definition) is 4. The molecule has 0 spiro atoms. The number of sulfonamides is 1. The normalized spacial score (nSPS) is 17.9. The highest BCUT2D eigenvalue weighted by Crippen LogP contribution is 2.27. The molecule has 1 fully saturated rings. The largest absolute Gasteiger partial charge is 0.351 e. The van der Waals surface area contributed by atoms with E-state index >= 15 is 0 Å². The first kappa shape index (κ1) is 20.2. The zero-order chi connectivity index (χ0) is 18.6. The lowest BCUT2D eigenvalue weighted by atomic mass is 10.2. The molecule has 1 aliphatic heterocycles. The van der Waals surface area contributed by atoms with Gasteiger partial charge >= 0.3 is 0 Å². The average molecular weight is 406 g/mol. The minimum absolute atomic E-state index is 0.0966. The van der Waals surface area contributed by atoms with Crippen molar-refractivity contribution in [2.45, 2.75) is 17.9 Å². The Morgan fingerprint density at radius 1 is 1.28 bits per heavy atom. The number of benzene rings is 1. The molecule has 1 atom stereocenters. The van der Waals surface area contributed by atoms with Crippen molar-refractivity contribution >= 4 is 39.1 Å². The maximum atomic E-state index is 12.7. The van der Waals surface area contributed by atoms with Crippen LogP contribution in [-0.2, 0) is 14.8 Å². The van der Waals surface area contributed by atoms with Gasteiger partial charge in [-0.3, -0.25) is 9.69 Å². The van der Waals surface area contributed by atoms with Gasteiger partial charge in [-0.15, -0.1) is 6.58 Å². The summed E-state index contributed by atoms with van der Waals surface area (Å²) in [6, 6.07) is 3.95. The number of carbonyl (C=O) groups is 1. The molecule has 1 heterocycles. The molecule has 9 heteroatoms. The van der Waals surface area contributed by atoms with Gasteiger partial charge in [-0.1, -0.05) is 29.3 Å². The molecule has 0 saturated carbocycles. The third-order valence-corrected chi connectivity index (χ3v) is 6.78. The van der Waals surface area contributed by atoms with Crippen molar-refractivity contribution in [3.8, 4) is 0 Å².